The van der Waals surface area contributed by atoms with Crippen molar-refractivity contribution in [1.29, 1.82) is 0 Å². The monoisotopic (exact) mass is 477 g/mol. The summed E-state index contributed by atoms with van der Waals surface area (Å²) in [4.78, 5) is 39.6. The maximum atomic E-state index is 12.7. The third kappa shape index (κ3) is 4.98. The van der Waals surface area contributed by atoms with Gasteiger partial charge in [0.25, 0.3) is 5.09 Å². The Morgan fingerprint density at radius 1 is 1.15 bits per heavy atom. The molecule has 0 aromatic heterocycles. The third-order valence-corrected chi connectivity index (χ3v) is 7.85. The van der Waals surface area contributed by atoms with Crippen molar-refractivity contribution in [3.8, 4) is 11.5 Å². The largest absolute Gasteiger partial charge is 0.508 e. The van der Waals surface area contributed by atoms with E-state index in [1.54, 1.807) is 13.8 Å². The molecule has 9 heteroatoms. The van der Waals surface area contributed by atoms with Crippen LogP contribution in [0.3, 0.4) is 0 Å². The lowest BCUT2D eigenvalue weighted by atomic mass is 9.44. The predicted molar refractivity (Wildman–Crippen MR) is 123 cm³/mol. The van der Waals surface area contributed by atoms with E-state index in [2.05, 4.69) is 18.7 Å². The van der Waals surface area contributed by atoms with Gasteiger partial charge in [-0.2, -0.15) is 0 Å². The summed E-state index contributed by atoms with van der Waals surface area (Å²) in [6.07, 6.45) is 3.71. The van der Waals surface area contributed by atoms with Crippen LogP contribution in [0.15, 0.2) is 12.1 Å². The van der Waals surface area contributed by atoms with Gasteiger partial charge in [-0.3, -0.25) is 9.59 Å². The second kappa shape index (κ2) is 9.80. The van der Waals surface area contributed by atoms with Crippen LogP contribution in [0.25, 0.3) is 0 Å². The Bertz CT molecular complexity index is 931. The first-order valence-electron chi connectivity index (χ1n) is 11.9. The van der Waals surface area contributed by atoms with Crippen molar-refractivity contribution in [3.05, 3.63) is 33.4 Å². The Hall–Kier alpha value is -2.84. The summed E-state index contributed by atoms with van der Waals surface area (Å²) in [5.74, 6) is -0.491. The van der Waals surface area contributed by atoms with Crippen molar-refractivity contribution in [3.63, 3.8) is 0 Å². The molecule has 4 rings (SSSR count). The van der Waals surface area contributed by atoms with Gasteiger partial charge in [-0.1, -0.05) is 20.3 Å². The van der Waals surface area contributed by atoms with Gasteiger partial charge in [0.1, 0.15) is 17.3 Å². The van der Waals surface area contributed by atoms with Gasteiger partial charge in [0, 0.05) is 23.8 Å². The molecule has 3 atom stereocenters. The zero-order chi connectivity index (χ0) is 25.3. The van der Waals surface area contributed by atoms with E-state index in [0.29, 0.717) is 30.4 Å². The number of phenols is 2. The van der Waals surface area contributed by atoms with Gasteiger partial charge in [0.2, 0.25) is 0 Å². The molecule has 0 amide bonds. The summed E-state index contributed by atoms with van der Waals surface area (Å²) in [5.41, 5.74) is -0.435. The van der Waals surface area contributed by atoms with Crippen molar-refractivity contribution < 1.29 is 34.5 Å². The number of Topliss-reactive ketones (excluding diaryl/α,β-unsaturated/α-hetero) is 1. The summed E-state index contributed by atoms with van der Waals surface area (Å²) in [5, 5.41) is 31.0. The highest BCUT2D eigenvalue weighted by Crippen LogP contribution is 2.64. The number of hydrogen-bond donors (Lipinski definition) is 2. The second-order valence-corrected chi connectivity index (χ2v) is 10.7. The van der Waals surface area contributed by atoms with Crippen LogP contribution in [0.4, 0.5) is 0 Å². The number of ketones is 1. The van der Waals surface area contributed by atoms with E-state index in [1.807, 2.05) is 0 Å². The van der Waals surface area contributed by atoms with Gasteiger partial charge in [-0.15, -0.1) is 10.1 Å². The van der Waals surface area contributed by atoms with Crippen LogP contribution in [0, 0.1) is 27.4 Å². The Morgan fingerprint density at radius 2 is 1.74 bits per heavy atom. The smallest absolute Gasteiger partial charge is 0.315 e. The van der Waals surface area contributed by atoms with Gasteiger partial charge >= 0.3 is 5.97 Å². The van der Waals surface area contributed by atoms with Crippen LogP contribution in [-0.2, 0) is 24.6 Å². The summed E-state index contributed by atoms with van der Waals surface area (Å²) in [6, 6.07) is 2.99. The van der Waals surface area contributed by atoms with Crippen LogP contribution < -0.4 is 0 Å². The second-order valence-electron chi connectivity index (χ2n) is 10.7. The molecule has 0 spiro atoms. The van der Waals surface area contributed by atoms with Crippen LogP contribution in [0.5, 0.6) is 11.5 Å². The van der Waals surface area contributed by atoms with Crippen LogP contribution >= 0.6 is 0 Å². The molecule has 2 N–H and O–H groups in total. The Labute approximate surface area is 199 Å². The molecule has 0 saturated heterocycles. The number of esters is 1. The minimum absolute atomic E-state index is 0.0522. The molecule has 3 saturated carbocycles. The van der Waals surface area contributed by atoms with Crippen LogP contribution in [0.1, 0.15) is 83.3 Å². The van der Waals surface area contributed by atoms with E-state index < -0.39 is 16.5 Å². The first kappa shape index (κ1) is 25.8. The molecule has 0 unspecified atom stereocenters. The highest BCUT2D eigenvalue weighted by Gasteiger charge is 2.59. The third-order valence-electron chi connectivity index (χ3n) is 7.85. The number of rotatable bonds is 11. The Kier molecular flexibility index (Phi) is 7.43. The van der Waals surface area contributed by atoms with Crippen LogP contribution in [0.2, 0.25) is 0 Å². The maximum absolute atomic E-state index is 12.7. The molecule has 0 heterocycles. The molecule has 0 radical (unpaired) electrons. The number of aromatic hydroxyl groups is 2. The standard InChI is InChI=1S/C25H35NO8/c1-24(2,23(30)33-9-7-5-6-8-10-34-26(31)32)15-11-20(28)22(21(29)12-15)16-13-19(27)18-14-17(16)25(18,3)4/h11-12,16-18,28-29H,5-10,13-14H2,1-4H3/t16-,17-,18+/m0/s1. The summed E-state index contributed by atoms with van der Waals surface area (Å²) >= 11 is 0. The number of fused-ring (bicyclic) bond motifs is 2. The van der Waals surface area contributed by atoms with Crippen molar-refractivity contribution in [1.82, 2.24) is 0 Å². The average Bonchev–Trinajstić information content (AvgIpc) is 2.73. The van der Waals surface area contributed by atoms with E-state index >= 15 is 0 Å². The molecule has 0 aliphatic heterocycles. The zero-order valence-corrected chi connectivity index (χ0v) is 20.3. The van der Waals surface area contributed by atoms with Crippen molar-refractivity contribution in [2.75, 3.05) is 13.2 Å². The highest BCUT2D eigenvalue weighted by atomic mass is 16.9. The predicted octanol–water partition coefficient (Wildman–Crippen LogP) is 4.41. The molecular formula is C25H35NO8. The topological polar surface area (TPSA) is 136 Å². The fourth-order valence-corrected chi connectivity index (χ4v) is 5.52. The molecule has 34 heavy (non-hydrogen) atoms. The lowest BCUT2D eigenvalue weighted by Gasteiger charge is -2.59. The van der Waals surface area contributed by atoms with Crippen LogP contribution in [-0.4, -0.2) is 40.3 Å². The number of ether oxygens (including phenoxy) is 1. The normalized spacial score (nSPS) is 23.2. The minimum Gasteiger partial charge on any atom is -0.508 e. The van der Waals surface area contributed by atoms with Crippen molar-refractivity contribution in [2.24, 2.45) is 17.3 Å². The highest BCUT2D eigenvalue weighted by molar-refractivity contribution is 5.86. The number of nitrogens with zero attached hydrogens (tertiary/aromatic N) is 1. The van der Waals surface area contributed by atoms with Gasteiger partial charge in [-0.25, -0.2) is 0 Å². The molecule has 2 bridgehead atoms. The molecule has 3 aliphatic carbocycles. The Balaban J connectivity index is 1.60. The van der Waals surface area contributed by atoms with E-state index in [0.717, 1.165) is 19.3 Å². The van der Waals surface area contributed by atoms with E-state index in [1.165, 1.54) is 12.1 Å². The van der Waals surface area contributed by atoms with E-state index in [-0.39, 0.29) is 53.7 Å². The van der Waals surface area contributed by atoms with Gasteiger partial charge in [-0.05, 0) is 68.6 Å². The molecule has 9 nitrogen and oxygen atoms in total. The molecule has 188 valence electrons. The van der Waals surface area contributed by atoms with Gasteiger partial charge in [0.15, 0.2) is 0 Å². The van der Waals surface area contributed by atoms with Crippen molar-refractivity contribution >= 4 is 11.8 Å². The quantitative estimate of drug-likeness (QED) is 0.207. The lowest BCUT2D eigenvalue weighted by Crippen LogP contribution is -2.56. The fourth-order valence-electron chi connectivity index (χ4n) is 5.52. The first-order chi connectivity index (χ1) is 15.9. The lowest BCUT2D eigenvalue weighted by molar-refractivity contribution is -0.757. The number of benzene rings is 1. The molecule has 1 aromatic rings. The van der Waals surface area contributed by atoms with Gasteiger partial charge in [0.05, 0.1) is 18.6 Å². The zero-order valence-electron chi connectivity index (χ0n) is 20.3. The summed E-state index contributed by atoms with van der Waals surface area (Å²) in [7, 11) is 0. The first-order valence-corrected chi connectivity index (χ1v) is 11.9. The number of carbonyl (C=O) groups excluding carboxylic acids is 2. The number of phenolic OH excluding ortho intramolecular Hbond substituents is 2. The average molecular weight is 478 g/mol. The number of unbranched alkanes of at least 4 members (excludes halogenated alkanes) is 3. The van der Waals surface area contributed by atoms with Gasteiger partial charge < -0.3 is 19.8 Å². The Morgan fingerprint density at radius 3 is 2.26 bits per heavy atom. The molecule has 3 fully saturated rings. The number of carbonyl (C=O) groups is 2. The summed E-state index contributed by atoms with van der Waals surface area (Å²) in [6.45, 7) is 7.73. The summed E-state index contributed by atoms with van der Waals surface area (Å²) < 4.78 is 5.41. The SMILES string of the molecule is CC(C)(C(=O)OCCCCCCO[N+](=O)[O-])c1cc(O)c([C@H]2CC(=O)[C@H]3C[C@@H]2C3(C)C)c(O)c1. The number of hydrogen-bond acceptors (Lipinski definition) is 8. The molecular weight excluding hydrogens is 442 g/mol. The maximum Gasteiger partial charge on any atom is 0.315 e. The molecule has 3 aliphatic rings. The van der Waals surface area contributed by atoms with E-state index in [4.69, 9.17) is 4.74 Å². The minimum atomic E-state index is -1.10. The molecule has 1 aromatic carbocycles. The van der Waals surface area contributed by atoms with E-state index in [9.17, 15) is 29.9 Å². The van der Waals surface area contributed by atoms with Crippen molar-refractivity contribution in [2.45, 2.75) is 77.6 Å². The fraction of sp³-hybridized carbons (Fsp3) is 0.680.